The highest BCUT2D eigenvalue weighted by Crippen LogP contribution is 2.18. The van der Waals surface area contributed by atoms with Crippen molar-refractivity contribution in [2.45, 2.75) is 20.4 Å². The third-order valence-electron chi connectivity index (χ3n) is 2.75. The monoisotopic (exact) mass is 279 g/mol. The summed E-state index contributed by atoms with van der Waals surface area (Å²) in [7, 11) is 0. The van der Waals surface area contributed by atoms with Crippen molar-refractivity contribution in [1.29, 1.82) is 0 Å². The first-order valence-corrected chi connectivity index (χ1v) is 6.14. The van der Waals surface area contributed by atoms with Crippen molar-refractivity contribution in [1.82, 2.24) is 4.98 Å². The van der Waals surface area contributed by atoms with Crippen LogP contribution in [-0.4, -0.2) is 9.97 Å². The molecule has 19 heavy (non-hydrogen) atoms. The molecule has 1 aromatic heterocycles. The molecule has 1 heterocycles. The van der Waals surface area contributed by atoms with Crippen LogP contribution in [-0.2, 0) is 6.54 Å². The number of nitrogens with one attached hydrogen (secondary N) is 1. The number of oxazole rings is 1. The predicted octanol–water partition coefficient (Wildman–Crippen LogP) is 2.68. The normalized spacial score (nSPS) is 10.5. The second-order valence-corrected chi connectivity index (χ2v) is 4.60. The molecular formula is C13H14FN3OS. The quantitative estimate of drug-likeness (QED) is 0.842. The van der Waals surface area contributed by atoms with Crippen LogP contribution in [0.25, 0.3) is 0 Å². The Labute approximate surface area is 115 Å². The molecule has 0 saturated carbocycles. The number of nitrogens with two attached hydrogens (primary N) is 1. The first-order valence-electron chi connectivity index (χ1n) is 5.73. The maximum absolute atomic E-state index is 13.2. The third kappa shape index (κ3) is 3.08. The SMILES string of the molecule is Cc1nc(CNc2ccc(F)cc2C(N)=S)oc1C. The molecule has 0 unspecified atom stereocenters. The fourth-order valence-electron chi connectivity index (χ4n) is 1.66. The van der Waals surface area contributed by atoms with Crippen molar-refractivity contribution < 1.29 is 8.81 Å². The molecule has 0 aliphatic rings. The highest BCUT2D eigenvalue weighted by atomic mass is 32.1. The van der Waals surface area contributed by atoms with Crippen LogP contribution in [0.15, 0.2) is 22.6 Å². The van der Waals surface area contributed by atoms with E-state index in [9.17, 15) is 4.39 Å². The van der Waals surface area contributed by atoms with Gasteiger partial charge < -0.3 is 15.5 Å². The Bertz CT molecular complexity index is 605. The zero-order valence-electron chi connectivity index (χ0n) is 10.7. The highest BCUT2D eigenvalue weighted by Gasteiger charge is 2.09. The molecule has 0 amide bonds. The molecule has 0 bridgehead atoms. The van der Waals surface area contributed by atoms with Crippen LogP contribution in [0, 0.1) is 19.7 Å². The Morgan fingerprint density at radius 1 is 1.47 bits per heavy atom. The molecule has 3 N–H and O–H groups in total. The molecule has 0 radical (unpaired) electrons. The van der Waals surface area contributed by atoms with Gasteiger partial charge in [-0.05, 0) is 32.0 Å². The summed E-state index contributed by atoms with van der Waals surface area (Å²) in [5, 5.41) is 3.09. The van der Waals surface area contributed by atoms with Gasteiger partial charge >= 0.3 is 0 Å². The molecule has 0 fully saturated rings. The van der Waals surface area contributed by atoms with Gasteiger partial charge in [-0.1, -0.05) is 12.2 Å². The number of thiocarbonyl (C=S) groups is 1. The number of anilines is 1. The highest BCUT2D eigenvalue weighted by molar-refractivity contribution is 7.80. The van der Waals surface area contributed by atoms with E-state index in [2.05, 4.69) is 10.3 Å². The van der Waals surface area contributed by atoms with Gasteiger partial charge in [0.1, 0.15) is 16.6 Å². The van der Waals surface area contributed by atoms with Gasteiger partial charge in [0.15, 0.2) is 0 Å². The van der Waals surface area contributed by atoms with Crippen LogP contribution in [0.4, 0.5) is 10.1 Å². The second kappa shape index (κ2) is 5.36. The van der Waals surface area contributed by atoms with Crippen molar-refractivity contribution in [2.75, 3.05) is 5.32 Å². The minimum Gasteiger partial charge on any atom is -0.444 e. The number of aryl methyl sites for hydroxylation is 2. The van der Waals surface area contributed by atoms with E-state index in [4.69, 9.17) is 22.4 Å². The van der Waals surface area contributed by atoms with Gasteiger partial charge in [0.05, 0.1) is 12.2 Å². The van der Waals surface area contributed by atoms with E-state index in [0.717, 1.165) is 11.5 Å². The van der Waals surface area contributed by atoms with Crippen LogP contribution in [0.3, 0.4) is 0 Å². The Morgan fingerprint density at radius 3 is 2.79 bits per heavy atom. The molecule has 6 heteroatoms. The van der Waals surface area contributed by atoms with Crippen LogP contribution in [0.2, 0.25) is 0 Å². The lowest BCUT2D eigenvalue weighted by molar-refractivity contribution is 0.478. The van der Waals surface area contributed by atoms with E-state index < -0.39 is 0 Å². The molecular weight excluding hydrogens is 265 g/mol. The third-order valence-corrected chi connectivity index (χ3v) is 2.97. The molecule has 2 aromatic rings. The molecule has 2 rings (SSSR count). The van der Waals surface area contributed by atoms with Crippen LogP contribution in [0.5, 0.6) is 0 Å². The first-order chi connectivity index (χ1) is 8.97. The molecule has 0 atom stereocenters. The van der Waals surface area contributed by atoms with E-state index in [1.54, 1.807) is 6.07 Å². The Kier molecular flexibility index (Phi) is 3.80. The summed E-state index contributed by atoms with van der Waals surface area (Å²) >= 11 is 4.90. The topological polar surface area (TPSA) is 64.1 Å². The first kappa shape index (κ1) is 13.5. The van der Waals surface area contributed by atoms with Gasteiger partial charge in [-0.15, -0.1) is 0 Å². The van der Waals surface area contributed by atoms with E-state index in [1.807, 2.05) is 13.8 Å². The van der Waals surface area contributed by atoms with E-state index >= 15 is 0 Å². The number of halogens is 1. The minimum absolute atomic E-state index is 0.141. The summed E-state index contributed by atoms with van der Waals surface area (Å²) < 4.78 is 18.6. The standard InChI is InChI=1S/C13H14FN3OS/c1-7-8(2)18-12(17-7)6-16-11-4-3-9(14)5-10(11)13(15)19/h3-5,16H,6H2,1-2H3,(H2,15,19). The van der Waals surface area contributed by atoms with Gasteiger partial charge in [-0.3, -0.25) is 0 Å². The predicted molar refractivity (Wildman–Crippen MR) is 75.6 cm³/mol. The zero-order chi connectivity index (χ0) is 14.0. The molecule has 0 aliphatic carbocycles. The summed E-state index contributed by atoms with van der Waals surface area (Å²) in [5.41, 5.74) is 7.54. The molecule has 4 nitrogen and oxygen atoms in total. The Hall–Kier alpha value is -1.95. The van der Waals surface area contributed by atoms with E-state index in [-0.39, 0.29) is 10.8 Å². The van der Waals surface area contributed by atoms with Crippen LogP contribution in [0.1, 0.15) is 22.9 Å². The number of hydrogen-bond donors (Lipinski definition) is 2. The lowest BCUT2D eigenvalue weighted by atomic mass is 10.1. The summed E-state index contributed by atoms with van der Waals surface area (Å²) in [5.74, 6) is 0.967. The van der Waals surface area contributed by atoms with Crippen molar-refractivity contribution >= 4 is 22.9 Å². The minimum atomic E-state index is -0.379. The molecule has 1 aromatic carbocycles. The summed E-state index contributed by atoms with van der Waals surface area (Å²) in [6.07, 6.45) is 0. The van der Waals surface area contributed by atoms with Crippen molar-refractivity contribution in [2.24, 2.45) is 5.73 Å². The summed E-state index contributed by atoms with van der Waals surface area (Å²) in [6, 6.07) is 4.24. The van der Waals surface area contributed by atoms with Crippen molar-refractivity contribution in [3.8, 4) is 0 Å². The summed E-state index contributed by atoms with van der Waals surface area (Å²) in [4.78, 5) is 4.39. The lowest BCUT2D eigenvalue weighted by Crippen LogP contribution is -2.13. The summed E-state index contributed by atoms with van der Waals surface area (Å²) in [6.45, 7) is 4.11. The van der Waals surface area contributed by atoms with Gasteiger partial charge in [-0.2, -0.15) is 0 Å². The molecule has 0 spiro atoms. The maximum atomic E-state index is 13.2. The second-order valence-electron chi connectivity index (χ2n) is 4.16. The average Bonchev–Trinajstić information content (AvgIpc) is 2.67. The number of benzene rings is 1. The van der Waals surface area contributed by atoms with Crippen molar-refractivity contribution in [3.63, 3.8) is 0 Å². The van der Waals surface area contributed by atoms with Gasteiger partial charge in [0.2, 0.25) is 5.89 Å². The van der Waals surface area contributed by atoms with Crippen LogP contribution < -0.4 is 11.1 Å². The number of aromatic nitrogens is 1. The fourth-order valence-corrected chi connectivity index (χ4v) is 1.83. The molecule has 100 valence electrons. The molecule has 0 aliphatic heterocycles. The van der Waals surface area contributed by atoms with Crippen LogP contribution >= 0.6 is 12.2 Å². The van der Waals surface area contributed by atoms with Gasteiger partial charge in [0.25, 0.3) is 0 Å². The smallest absolute Gasteiger partial charge is 0.213 e. The van der Waals surface area contributed by atoms with E-state index in [1.165, 1.54) is 12.1 Å². The Morgan fingerprint density at radius 2 is 2.21 bits per heavy atom. The average molecular weight is 279 g/mol. The maximum Gasteiger partial charge on any atom is 0.213 e. The largest absolute Gasteiger partial charge is 0.444 e. The molecule has 0 saturated heterocycles. The van der Waals surface area contributed by atoms with Gasteiger partial charge in [0, 0.05) is 11.3 Å². The lowest BCUT2D eigenvalue weighted by Gasteiger charge is -2.09. The Balaban J connectivity index is 2.17. The fraction of sp³-hybridized carbons (Fsp3) is 0.231. The van der Waals surface area contributed by atoms with E-state index in [0.29, 0.717) is 23.7 Å². The van der Waals surface area contributed by atoms with Crippen molar-refractivity contribution in [3.05, 3.63) is 46.9 Å². The zero-order valence-corrected chi connectivity index (χ0v) is 11.5. The number of hydrogen-bond acceptors (Lipinski definition) is 4. The van der Waals surface area contributed by atoms with Gasteiger partial charge in [-0.25, -0.2) is 9.37 Å². The number of nitrogens with zero attached hydrogens (tertiary/aromatic N) is 1. The number of rotatable bonds is 4.